The number of hydrogen-bond donors (Lipinski definition) is 0. The predicted octanol–water partition coefficient (Wildman–Crippen LogP) is 5.99. The van der Waals surface area contributed by atoms with Gasteiger partial charge in [-0.05, 0) is 72.8 Å². The van der Waals surface area contributed by atoms with Gasteiger partial charge >= 0.3 is 10.1 Å². The van der Waals surface area contributed by atoms with E-state index in [2.05, 4.69) is 41.3 Å². The average Bonchev–Trinajstić information content (AvgIpc) is 2.84. The number of hydrogen-bond acceptors (Lipinski definition) is 5. The molecular formula is C26H24N2O3S. The van der Waals surface area contributed by atoms with Gasteiger partial charge in [-0.25, -0.2) is 0 Å². The third-order valence-electron chi connectivity index (χ3n) is 5.23. The molecule has 0 unspecified atom stereocenters. The van der Waals surface area contributed by atoms with E-state index >= 15 is 0 Å². The first-order valence-corrected chi connectivity index (χ1v) is 11.6. The van der Waals surface area contributed by atoms with Crippen molar-refractivity contribution in [1.29, 1.82) is 0 Å². The third-order valence-corrected chi connectivity index (χ3v) is 6.49. The lowest BCUT2D eigenvalue weighted by atomic mass is 10.2. The number of rotatable bonds is 7. The summed E-state index contributed by atoms with van der Waals surface area (Å²) in [5, 5.41) is 0. The Hall–Kier alpha value is -3.77. The molecular weight excluding hydrogens is 420 g/mol. The smallest absolute Gasteiger partial charge is 0.339 e. The maximum Gasteiger partial charge on any atom is 0.339 e. The van der Waals surface area contributed by atoms with Gasteiger partial charge in [0, 0.05) is 36.8 Å². The molecule has 4 aromatic carbocycles. The van der Waals surface area contributed by atoms with Crippen LogP contribution in [-0.2, 0) is 10.1 Å². The standard InChI is InChI=1S/C26H24N2O3S/c1-27(21-9-5-3-6-10-21)22-13-15-23(16-14-22)28(2)24-17-19-25(20-18-24)31-32(29,30)26-11-7-4-8-12-26/h3-20H,1-2H3. The highest BCUT2D eigenvalue weighted by Crippen LogP contribution is 2.30. The molecule has 0 saturated heterocycles. The zero-order chi connectivity index (χ0) is 22.6. The van der Waals surface area contributed by atoms with Crippen molar-refractivity contribution in [2.24, 2.45) is 0 Å². The summed E-state index contributed by atoms with van der Waals surface area (Å²) in [4.78, 5) is 4.28. The van der Waals surface area contributed by atoms with Crippen molar-refractivity contribution in [3.63, 3.8) is 0 Å². The second-order valence-electron chi connectivity index (χ2n) is 7.31. The van der Waals surface area contributed by atoms with Gasteiger partial charge in [-0.3, -0.25) is 0 Å². The van der Waals surface area contributed by atoms with Crippen LogP contribution < -0.4 is 14.0 Å². The first-order valence-electron chi connectivity index (χ1n) is 10.2. The largest absolute Gasteiger partial charge is 0.379 e. The normalized spacial score (nSPS) is 11.1. The third kappa shape index (κ3) is 4.76. The maximum absolute atomic E-state index is 12.4. The first kappa shape index (κ1) is 21.5. The monoisotopic (exact) mass is 444 g/mol. The lowest BCUT2D eigenvalue weighted by Gasteiger charge is -2.23. The maximum atomic E-state index is 12.4. The lowest BCUT2D eigenvalue weighted by molar-refractivity contribution is 0.486. The number of para-hydroxylation sites is 1. The van der Waals surface area contributed by atoms with Crippen molar-refractivity contribution >= 4 is 32.9 Å². The first-order chi connectivity index (χ1) is 15.4. The molecule has 0 fully saturated rings. The van der Waals surface area contributed by atoms with Gasteiger partial charge in [-0.15, -0.1) is 0 Å². The molecule has 4 aromatic rings. The van der Waals surface area contributed by atoms with E-state index in [9.17, 15) is 8.42 Å². The molecule has 0 aliphatic rings. The van der Waals surface area contributed by atoms with Crippen molar-refractivity contribution in [2.45, 2.75) is 4.90 Å². The molecule has 0 aliphatic heterocycles. The van der Waals surface area contributed by atoms with Gasteiger partial charge in [0.2, 0.25) is 0 Å². The van der Waals surface area contributed by atoms with E-state index in [0.717, 1.165) is 22.7 Å². The Bertz CT molecular complexity index is 1260. The topological polar surface area (TPSA) is 49.9 Å². The number of anilines is 4. The van der Waals surface area contributed by atoms with Crippen molar-refractivity contribution < 1.29 is 12.6 Å². The van der Waals surface area contributed by atoms with Crippen LogP contribution in [0.3, 0.4) is 0 Å². The fraction of sp³-hybridized carbons (Fsp3) is 0.0769. The van der Waals surface area contributed by atoms with E-state index in [4.69, 9.17) is 4.18 Å². The molecule has 0 amide bonds. The molecule has 162 valence electrons. The second kappa shape index (κ2) is 9.16. The summed E-state index contributed by atoms with van der Waals surface area (Å²) in [7, 11) is 0.150. The Balaban J connectivity index is 1.46. The Morgan fingerprint density at radius 1 is 0.531 bits per heavy atom. The summed E-state index contributed by atoms with van der Waals surface area (Å²) in [6, 6.07) is 33.5. The van der Waals surface area contributed by atoms with E-state index < -0.39 is 10.1 Å². The lowest BCUT2D eigenvalue weighted by Crippen LogP contribution is -2.12. The Kier molecular flexibility index (Phi) is 6.14. The highest BCUT2D eigenvalue weighted by molar-refractivity contribution is 7.87. The molecule has 5 nitrogen and oxygen atoms in total. The van der Waals surface area contributed by atoms with Gasteiger partial charge in [-0.1, -0.05) is 36.4 Å². The van der Waals surface area contributed by atoms with Crippen LogP contribution in [0.2, 0.25) is 0 Å². The molecule has 0 atom stereocenters. The van der Waals surface area contributed by atoms with Gasteiger partial charge < -0.3 is 14.0 Å². The van der Waals surface area contributed by atoms with Crippen LogP contribution in [0.1, 0.15) is 0 Å². The minimum Gasteiger partial charge on any atom is -0.379 e. The summed E-state index contributed by atoms with van der Waals surface area (Å²) in [5.74, 6) is 0.269. The summed E-state index contributed by atoms with van der Waals surface area (Å²) in [5.41, 5.74) is 4.14. The highest BCUT2D eigenvalue weighted by atomic mass is 32.2. The summed E-state index contributed by atoms with van der Waals surface area (Å²) >= 11 is 0. The highest BCUT2D eigenvalue weighted by Gasteiger charge is 2.16. The van der Waals surface area contributed by atoms with Crippen molar-refractivity contribution in [3.05, 3.63) is 109 Å². The minimum atomic E-state index is -3.85. The quantitative estimate of drug-likeness (QED) is 0.328. The van der Waals surface area contributed by atoms with Crippen molar-refractivity contribution in [2.75, 3.05) is 23.9 Å². The van der Waals surface area contributed by atoms with E-state index in [-0.39, 0.29) is 10.6 Å². The van der Waals surface area contributed by atoms with Crippen LogP contribution >= 0.6 is 0 Å². The Morgan fingerprint density at radius 3 is 1.38 bits per heavy atom. The van der Waals surface area contributed by atoms with E-state index in [0.29, 0.717) is 0 Å². The van der Waals surface area contributed by atoms with Crippen LogP contribution in [0.25, 0.3) is 0 Å². The van der Waals surface area contributed by atoms with Crippen LogP contribution in [0.15, 0.2) is 114 Å². The molecule has 0 bridgehead atoms. The van der Waals surface area contributed by atoms with Crippen LogP contribution in [0.5, 0.6) is 5.75 Å². The minimum absolute atomic E-state index is 0.127. The molecule has 0 radical (unpaired) electrons. The van der Waals surface area contributed by atoms with E-state index in [1.807, 2.05) is 49.3 Å². The SMILES string of the molecule is CN(c1ccccc1)c1ccc(N(C)c2ccc(OS(=O)(=O)c3ccccc3)cc2)cc1. The van der Waals surface area contributed by atoms with Crippen LogP contribution in [0.4, 0.5) is 22.7 Å². The molecule has 0 saturated carbocycles. The van der Waals surface area contributed by atoms with E-state index in [1.54, 1.807) is 30.3 Å². The Morgan fingerprint density at radius 2 is 0.906 bits per heavy atom. The fourth-order valence-corrected chi connectivity index (χ4v) is 4.29. The molecule has 32 heavy (non-hydrogen) atoms. The molecule has 6 heteroatoms. The zero-order valence-corrected chi connectivity index (χ0v) is 18.7. The van der Waals surface area contributed by atoms with Crippen LogP contribution in [0, 0.1) is 0 Å². The molecule has 4 rings (SSSR count). The Labute approximate surface area is 189 Å². The number of nitrogens with zero attached hydrogens (tertiary/aromatic N) is 2. The van der Waals surface area contributed by atoms with Gasteiger partial charge in [0.1, 0.15) is 10.6 Å². The molecule has 0 aromatic heterocycles. The summed E-state index contributed by atoms with van der Waals surface area (Å²) < 4.78 is 30.0. The predicted molar refractivity (Wildman–Crippen MR) is 130 cm³/mol. The van der Waals surface area contributed by atoms with E-state index in [1.165, 1.54) is 12.1 Å². The molecule has 0 spiro atoms. The van der Waals surface area contributed by atoms with Gasteiger partial charge in [0.15, 0.2) is 0 Å². The molecule has 0 N–H and O–H groups in total. The van der Waals surface area contributed by atoms with Crippen molar-refractivity contribution in [1.82, 2.24) is 0 Å². The fourth-order valence-electron chi connectivity index (χ4n) is 3.34. The van der Waals surface area contributed by atoms with Gasteiger partial charge in [-0.2, -0.15) is 8.42 Å². The van der Waals surface area contributed by atoms with Gasteiger partial charge in [0.25, 0.3) is 0 Å². The van der Waals surface area contributed by atoms with Crippen molar-refractivity contribution in [3.8, 4) is 5.75 Å². The molecule has 0 aliphatic carbocycles. The second-order valence-corrected chi connectivity index (χ2v) is 8.86. The zero-order valence-electron chi connectivity index (χ0n) is 17.9. The molecule has 0 heterocycles. The summed E-state index contributed by atoms with van der Waals surface area (Å²) in [6.07, 6.45) is 0. The van der Waals surface area contributed by atoms with Crippen LogP contribution in [-0.4, -0.2) is 22.5 Å². The van der Waals surface area contributed by atoms with Gasteiger partial charge in [0.05, 0.1) is 0 Å². The summed E-state index contributed by atoms with van der Waals surface area (Å²) in [6.45, 7) is 0. The average molecular weight is 445 g/mol. The number of benzene rings is 4.